The molecule has 1 aliphatic rings. The van der Waals surface area contributed by atoms with Crippen molar-refractivity contribution in [2.45, 2.75) is 44.6 Å². The van der Waals surface area contributed by atoms with Gasteiger partial charge in [0.2, 0.25) is 0 Å². The van der Waals surface area contributed by atoms with Crippen molar-refractivity contribution < 1.29 is 14.3 Å². The predicted molar refractivity (Wildman–Crippen MR) is 97.4 cm³/mol. The molecule has 0 fully saturated rings. The molecule has 0 saturated heterocycles. The number of carbonyl (C=O) groups is 1. The quantitative estimate of drug-likeness (QED) is 0.640. The lowest BCUT2D eigenvalue weighted by Crippen LogP contribution is -2.34. The van der Waals surface area contributed by atoms with E-state index >= 15 is 0 Å². The molecular formula is C20H23FN2O2. The molecule has 0 saturated carbocycles. The molecule has 0 bridgehead atoms. The summed E-state index contributed by atoms with van der Waals surface area (Å²) in [7, 11) is 0. The number of aliphatic hydroxyl groups is 1. The Bertz CT molecular complexity index is 761. The molecule has 1 amide bonds. The van der Waals surface area contributed by atoms with Crippen molar-refractivity contribution in [2.75, 3.05) is 10.6 Å². The van der Waals surface area contributed by atoms with Crippen LogP contribution in [0.4, 0.5) is 21.5 Å². The van der Waals surface area contributed by atoms with Crippen LogP contribution in [-0.2, 0) is 10.4 Å². The van der Waals surface area contributed by atoms with Gasteiger partial charge in [0.15, 0.2) is 5.60 Å². The number of benzene rings is 2. The largest absolute Gasteiger partial charge is 0.375 e. The molecule has 5 heteroatoms. The highest BCUT2D eigenvalue weighted by Gasteiger charge is 2.44. The van der Waals surface area contributed by atoms with Gasteiger partial charge in [-0.2, -0.15) is 0 Å². The highest BCUT2D eigenvalue weighted by atomic mass is 19.1. The normalized spacial score (nSPS) is 18.8. The number of anilines is 3. The second-order valence-electron chi connectivity index (χ2n) is 6.52. The molecule has 0 aliphatic carbocycles. The number of hydrogen-bond acceptors (Lipinski definition) is 3. The van der Waals surface area contributed by atoms with Crippen LogP contribution in [0, 0.1) is 5.82 Å². The number of nitrogens with one attached hydrogen (secondary N) is 2. The first-order valence-corrected chi connectivity index (χ1v) is 8.74. The lowest BCUT2D eigenvalue weighted by Gasteiger charge is -2.21. The molecule has 2 aromatic carbocycles. The van der Waals surface area contributed by atoms with Gasteiger partial charge in [0, 0.05) is 22.6 Å². The Morgan fingerprint density at radius 1 is 1.08 bits per heavy atom. The van der Waals surface area contributed by atoms with Gasteiger partial charge in [0.05, 0.1) is 0 Å². The average molecular weight is 342 g/mol. The third-order valence-corrected chi connectivity index (χ3v) is 4.61. The summed E-state index contributed by atoms with van der Waals surface area (Å²) in [6, 6.07) is 11.4. The average Bonchev–Trinajstić information content (AvgIpc) is 2.85. The molecule has 132 valence electrons. The van der Waals surface area contributed by atoms with Crippen LogP contribution in [0.2, 0.25) is 0 Å². The molecule has 25 heavy (non-hydrogen) atoms. The van der Waals surface area contributed by atoms with E-state index in [0.29, 0.717) is 17.7 Å². The number of amides is 1. The fourth-order valence-electron chi connectivity index (χ4n) is 3.18. The van der Waals surface area contributed by atoms with Gasteiger partial charge in [-0.25, -0.2) is 4.39 Å². The summed E-state index contributed by atoms with van der Waals surface area (Å²) in [5.74, 6) is -0.659. The van der Waals surface area contributed by atoms with Crippen LogP contribution in [0.5, 0.6) is 0 Å². The van der Waals surface area contributed by atoms with Gasteiger partial charge in [0.1, 0.15) is 5.82 Å². The minimum Gasteiger partial charge on any atom is -0.375 e. The summed E-state index contributed by atoms with van der Waals surface area (Å²) < 4.78 is 13.0. The molecule has 2 aromatic rings. The van der Waals surface area contributed by atoms with Crippen LogP contribution in [0.3, 0.4) is 0 Å². The van der Waals surface area contributed by atoms with Crippen LogP contribution in [0.15, 0.2) is 42.5 Å². The predicted octanol–water partition coefficient (Wildman–Crippen LogP) is 4.68. The summed E-state index contributed by atoms with van der Waals surface area (Å²) in [6.45, 7) is 2.12. The summed E-state index contributed by atoms with van der Waals surface area (Å²) in [5.41, 5.74) is 1.25. The molecule has 1 atom stereocenters. The van der Waals surface area contributed by atoms with Crippen LogP contribution in [-0.4, -0.2) is 11.0 Å². The highest BCUT2D eigenvalue weighted by molar-refractivity contribution is 6.05. The zero-order valence-corrected chi connectivity index (χ0v) is 14.3. The second-order valence-corrected chi connectivity index (χ2v) is 6.52. The minimum absolute atomic E-state index is 0.296. The number of hydrogen-bond donors (Lipinski definition) is 3. The van der Waals surface area contributed by atoms with Crippen molar-refractivity contribution in [1.29, 1.82) is 0 Å². The number of carbonyl (C=O) groups excluding carboxylic acids is 1. The SMILES string of the molecule is CCCCCCC1(O)C(=O)Nc2ccc(Nc3ccc(F)cc3)cc21. The molecule has 1 heterocycles. The monoisotopic (exact) mass is 342 g/mol. The highest BCUT2D eigenvalue weighted by Crippen LogP contribution is 2.41. The molecule has 4 nitrogen and oxygen atoms in total. The lowest BCUT2D eigenvalue weighted by molar-refractivity contribution is -0.134. The number of fused-ring (bicyclic) bond motifs is 1. The van der Waals surface area contributed by atoms with Crippen molar-refractivity contribution in [1.82, 2.24) is 0 Å². The first kappa shape index (κ1) is 17.4. The maximum Gasteiger partial charge on any atom is 0.261 e. The number of halogens is 1. The maximum absolute atomic E-state index is 13.0. The summed E-state index contributed by atoms with van der Waals surface area (Å²) >= 11 is 0. The van der Waals surface area contributed by atoms with Crippen molar-refractivity contribution in [2.24, 2.45) is 0 Å². The third kappa shape index (κ3) is 3.66. The molecule has 0 aromatic heterocycles. The molecular weight excluding hydrogens is 319 g/mol. The first-order chi connectivity index (χ1) is 12.0. The van der Waals surface area contributed by atoms with E-state index in [9.17, 15) is 14.3 Å². The Hall–Kier alpha value is -2.40. The fourth-order valence-corrected chi connectivity index (χ4v) is 3.18. The topological polar surface area (TPSA) is 61.4 Å². The van der Waals surface area contributed by atoms with E-state index in [-0.39, 0.29) is 11.7 Å². The summed E-state index contributed by atoms with van der Waals surface area (Å²) in [6.07, 6.45) is 4.40. The fraction of sp³-hybridized carbons (Fsp3) is 0.350. The van der Waals surface area contributed by atoms with Crippen LogP contribution in [0.1, 0.15) is 44.6 Å². The van der Waals surface area contributed by atoms with Gasteiger partial charge in [-0.15, -0.1) is 0 Å². The van der Waals surface area contributed by atoms with E-state index in [2.05, 4.69) is 17.6 Å². The van der Waals surface area contributed by atoms with Crippen molar-refractivity contribution in [3.05, 3.63) is 53.8 Å². The minimum atomic E-state index is -1.48. The Kier molecular flexibility index (Phi) is 5.04. The van der Waals surface area contributed by atoms with E-state index in [1.54, 1.807) is 24.3 Å². The Morgan fingerprint density at radius 2 is 1.80 bits per heavy atom. The van der Waals surface area contributed by atoms with E-state index in [1.807, 2.05) is 6.07 Å². The van der Waals surface area contributed by atoms with Gasteiger partial charge in [-0.05, 0) is 55.3 Å². The van der Waals surface area contributed by atoms with Gasteiger partial charge < -0.3 is 15.7 Å². The first-order valence-electron chi connectivity index (χ1n) is 8.74. The molecule has 0 radical (unpaired) electrons. The Morgan fingerprint density at radius 3 is 2.52 bits per heavy atom. The molecule has 3 rings (SSSR count). The number of unbranched alkanes of at least 4 members (excludes halogenated alkanes) is 3. The van der Waals surface area contributed by atoms with Crippen molar-refractivity contribution in [3.8, 4) is 0 Å². The van der Waals surface area contributed by atoms with E-state index in [0.717, 1.165) is 37.1 Å². The standard InChI is InChI=1S/C20H23FN2O2/c1-2-3-4-5-12-20(25)17-13-16(10-11-18(17)23-19(20)24)22-15-8-6-14(21)7-9-15/h6-11,13,22,25H,2-5,12H2,1H3,(H,23,24). The zero-order chi connectivity index (χ0) is 17.9. The summed E-state index contributed by atoms with van der Waals surface area (Å²) in [4.78, 5) is 12.3. The second kappa shape index (κ2) is 7.23. The lowest BCUT2D eigenvalue weighted by atomic mass is 9.89. The third-order valence-electron chi connectivity index (χ3n) is 4.61. The summed E-state index contributed by atoms with van der Waals surface area (Å²) in [5, 5.41) is 16.9. The molecule has 1 aliphatic heterocycles. The smallest absolute Gasteiger partial charge is 0.261 e. The Balaban J connectivity index is 1.80. The van der Waals surface area contributed by atoms with Crippen LogP contribution < -0.4 is 10.6 Å². The molecule has 0 spiro atoms. The zero-order valence-electron chi connectivity index (χ0n) is 14.3. The van der Waals surface area contributed by atoms with Gasteiger partial charge in [-0.3, -0.25) is 4.79 Å². The van der Waals surface area contributed by atoms with E-state index < -0.39 is 5.60 Å². The molecule has 3 N–H and O–H groups in total. The molecule has 1 unspecified atom stereocenters. The maximum atomic E-state index is 13.0. The number of rotatable bonds is 7. The van der Waals surface area contributed by atoms with Gasteiger partial charge in [-0.1, -0.05) is 26.2 Å². The van der Waals surface area contributed by atoms with Crippen LogP contribution in [0.25, 0.3) is 0 Å². The van der Waals surface area contributed by atoms with Gasteiger partial charge >= 0.3 is 0 Å². The van der Waals surface area contributed by atoms with Crippen molar-refractivity contribution >= 4 is 23.0 Å². The van der Waals surface area contributed by atoms with E-state index in [4.69, 9.17) is 0 Å². The van der Waals surface area contributed by atoms with Gasteiger partial charge in [0.25, 0.3) is 5.91 Å². The van der Waals surface area contributed by atoms with E-state index in [1.165, 1.54) is 12.1 Å². The van der Waals surface area contributed by atoms with Crippen LogP contribution >= 0.6 is 0 Å². The van der Waals surface area contributed by atoms with Crippen molar-refractivity contribution in [3.63, 3.8) is 0 Å². The Labute approximate surface area is 147 Å².